The molecule has 8 heteroatoms. The lowest BCUT2D eigenvalue weighted by molar-refractivity contribution is -0.130. The van der Waals surface area contributed by atoms with Crippen LogP contribution in [-0.4, -0.2) is 45.7 Å². The van der Waals surface area contributed by atoms with Gasteiger partial charge in [0.2, 0.25) is 11.8 Å². The maximum absolute atomic E-state index is 11.9. The van der Waals surface area contributed by atoms with Crippen LogP contribution in [0.3, 0.4) is 0 Å². The minimum absolute atomic E-state index is 0.102. The first-order valence-corrected chi connectivity index (χ1v) is 8.75. The first-order chi connectivity index (χ1) is 11.1. The highest BCUT2D eigenvalue weighted by Crippen LogP contribution is 2.22. The van der Waals surface area contributed by atoms with E-state index >= 15 is 0 Å². The number of halogens is 1. The van der Waals surface area contributed by atoms with Gasteiger partial charge in [-0.25, -0.2) is 4.98 Å². The van der Waals surface area contributed by atoms with Crippen molar-refractivity contribution in [1.82, 2.24) is 19.6 Å². The van der Waals surface area contributed by atoms with Gasteiger partial charge < -0.3 is 10.2 Å². The topological polar surface area (TPSA) is 66.7 Å². The predicted molar refractivity (Wildman–Crippen MR) is 90.6 cm³/mol. The SMILES string of the molecule is O=C(/C=C/c1c(Cl)nc2sccn12)NCCC(=O)N1CCCC1. The van der Waals surface area contributed by atoms with Crippen LogP contribution in [0.15, 0.2) is 17.7 Å². The van der Waals surface area contributed by atoms with Gasteiger partial charge in [-0.2, -0.15) is 0 Å². The van der Waals surface area contributed by atoms with Gasteiger partial charge in [0.25, 0.3) is 0 Å². The zero-order valence-electron chi connectivity index (χ0n) is 12.5. The molecule has 23 heavy (non-hydrogen) atoms. The molecule has 0 radical (unpaired) electrons. The van der Waals surface area contributed by atoms with Crippen LogP contribution in [0.1, 0.15) is 25.0 Å². The van der Waals surface area contributed by atoms with Crippen LogP contribution in [0.25, 0.3) is 11.0 Å². The maximum atomic E-state index is 11.9. The number of nitrogens with zero attached hydrogens (tertiary/aromatic N) is 3. The Balaban J connectivity index is 1.50. The molecule has 0 spiro atoms. The lowest BCUT2D eigenvalue weighted by Crippen LogP contribution is -2.32. The van der Waals surface area contributed by atoms with Crippen LogP contribution in [0.4, 0.5) is 0 Å². The van der Waals surface area contributed by atoms with Crippen LogP contribution < -0.4 is 5.32 Å². The Morgan fingerprint density at radius 3 is 2.96 bits per heavy atom. The molecular weight excluding hydrogens is 336 g/mol. The van der Waals surface area contributed by atoms with E-state index in [-0.39, 0.29) is 11.8 Å². The summed E-state index contributed by atoms with van der Waals surface area (Å²) in [6, 6.07) is 0. The van der Waals surface area contributed by atoms with Gasteiger partial charge in [0.15, 0.2) is 10.1 Å². The average Bonchev–Trinajstić information content (AvgIpc) is 3.22. The van der Waals surface area contributed by atoms with E-state index in [1.54, 1.807) is 6.08 Å². The highest BCUT2D eigenvalue weighted by Gasteiger charge is 2.17. The molecule has 0 unspecified atom stereocenters. The molecule has 6 nitrogen and oxygen atoms in total. The number of aromatic nitrogens is 2. The minimum Gasteiger partial charge on any atom is -0.352 e. The molecule has 3 rings (SSSR count). The monoisotopic (exact) mass is 352 g/mol. The number of amides is 2. The number of imidazole rings is 1. The number of likely N-dealkylation sites (tertiary alicyclic amines) is 1. The Labute approximate surface area is 142 Å². The number of thiazole rings is 1. The Morgan fingerprint density at radius 1 is 1.39 bits per heavy atom. The predicted octanol–water partition coefficient (Wildman–Crippen LogP) is 2.19. The fourth-order valence-corrected chi connectivity index (χ4v) is 3.56. The second kappa shape index (κ2) is 7.14. The van der Waals surface area contributed by atoms with Crippen molar-refractivity contribution in [3.8, 4) is 0 Å². The number of carbonyl (C=O) groups excluding carboxylic acids is 2. The van der Waals surface area contributed by atoms with Gasteiger partial charge in [-0.3, -0.25) is 14.0 Å². The molecule has 2 aromatic heterocycles. The molecule has 2 amide bonds. The Morgan fingerprint density at radius 2 is 2.17 bits per heavy atom. The third-order valence-corrected chi connectivity index (χ3v) is 4.78. The third-order valence-electron chi connectivity index (χ3n) is 3.74. The Hall–Kier alpha value is -1.86. The highest BCUT2D eigenvalue weighted by atomic mass is 35.5. The zero-order valence-corrected chi connectivity index (χ0v) is 14.1. The summed E-state index contributed by atoms with van der Waals surface area (Å²) in [5.74, 6) is -0.147. The standard InChI is InChI=1S/C15H17ClN4O2S/c16-14-11(20-9-10-23-15(20)18-14)3-4-12(21)17-6-5-13(22)19-7-1-2-8-19/h3-4,9-10H,1-2,5-8H2,(H,17,21)/b4-3+. The van der Waals surface area contributed by atoms with Gasteiger partial charge in [-0.1, -0.05) is 11.6 Å². The van der Waals surface area contributed by atoms with Gasteiger partial charge in [0.05, 0.1) is 5.69 Å². The largest absolute Gasteiger partial charge is 0.352 e. The van der Waals surface area contributed by atoms with E-state index in [0.717, 1.165) is 30.9 Å². The van der Waals surface area contributed by atoms with Gasteiger partial charge >= 0.3 is 0 Å². The molecule has 2 aromatic rings. The van der Waals surface area contributed by atoms with Crippen LogP contribution >= 0.6 is 22.9 Å². The number of fused-ring (bicyclic) bond motifs is 1. The molecular formula is C15H17ClN4O2S. The lowest BCUT2D eigenvalue weighted by Gasteiger charge is -2.14. The molecule has 0 saturated carbocycles. The summed E-state index contributed by atoms with van der Waals surface area (Å²) in [5.41, 5.74) is 0.672. The first kappa shape index (κ1) is 16.0. The van der Waals surface area contributed by atoms with Crippen molar-refractivity contribution in [3.63, 3.8) is 0 Å². The second-order valence-electron chi connectivity index (χ2n) is 5.31. The molecule has 1 aliphatic rings. The molecule has 3 heterocycles. The minimum atomic E-state index is -0.250. The van der Waals surface area contributed by atoms with Crippen LogP contribution in [0.2, 0.25) is 5.15 Å². The molecule has 0 atom stereocenters. The van der Waals surface area contributed by atoms with Crippen molar-refractivity contribution in [1.29, 1.82) is 0 Å². The second-order valence-corrected chi connectivity index (χ2v) is 6.54. The molecule has 1 fully saturated rings. The summed E-state index contributed by atoms with van der Waals surface area (Å²) in [7, 11) is 0. The molecule has 0 bridgehead atoms. The van der Waals surface area contributed by atoms with E-state index in [4.69, 9.17) is 11.6 Å². The maximum Gasteiger partial charge on any atom is 0.244 e. The molecule has 0 aromatic carbocycles. The van der Waals surface area contributed by atoms with Crippen molar-refractivity contribution in [2.75, 3.05) is 19.6 Å². The first-order valence-electron chi connectivity index (χ1n) is 7.50. The fourth-order valence-electron chi connectivity index (χ4n) is 2.56. The fraction of sp³-hybridized carbons (Fsp3) is 0.400. The zero-order chi connectivity index (χ0) is 16.2. The van der Waals surface area contributed by atoms with Crippen molar-refractivity contribution in [3.05, 3.63) is 28.5 Å². The van der Waals surface area contributed by atoms with Gasteiger partial charge in [0.1, 0.15) is 0 Å². The Bertz CT molecular complexity index is 746. The number of nitrogens with one attached hydrogen (secondary N) is 1. The van der Waals surface area contributed by atoms with E-state index in [9.17, 15) is 9.59 Å². The van der Waals surface area contributed by atoms with E-state index in [1.807, 2.05) is 20.9 Å². The van der Waals surface area contributed by atoms with E-state index < -0.39 is 0 Å². The van der Waals surface area contributed by atoms with Crippen molar-refractivity contribution >= 4 is 45.8 Å². The lowest BCUT2D eigenvalue weighted by atomic mass is 10.3. The molecule has 122 valence electrons. The molecule has 1 N–H and O–H groups in total. The number of hydrogen-bond donors (Lipinski definition) is 1. The number of hydrogen-bond acceptors (Lipinski definition) is 4. The third kappa shape index (κ3) is 3.73. The van der Waals surface area contributed by atoms with Crippen molar-refractivity contribution in [2.45, 2.75) is 19.3 Å². The van der Waals surface area contributed by atoms with Crippen molar-refractivity contribution < 1.29 is 9.59 Å². The summed E-state index contributed by atoms with van der Waals surface area (Å²) < 4.78 is 1.83. The smallest absolute Gasteiger partial charge is 0.244 e. The quantitative estimate of drug-likeness (QED) is 0.839. The van der Waals surface area contributed by atoms with Gasteiger partial charge in [-0.05, 0) is 18.9 Å². The highest BCUT2D eigenvalue weighted by molar-refractivity contribution is 7.15. The molecule has 0 aliphatic carbocycles. The number of rotatable bonds is 5. The summed E-state index contributed by atoms with van der Waals surface area (Å²) in [6.07, 6.45) is 7.38. The Kier molecular flexibility index (Phi) is 4.97. The normalized spacial score (nSPS) is 14.9. The van der Waals surface area contributed by atoms with Crippen LogP contribution in [0, 0.1) is 0 Å². The average molecular weight is 353 g/mol. The van der Waals surface area contributed by atoms with Crippen LogP contribution in [0.5, 0.6) is 0 Å². The summed E-state index contributed by atoms with van der Waals surface area (Å²) >= 11 is 7.53. The van der Waals surface area contributed by atoms with Crippen molar-refractivity contribution in [2.24, 2.45) is 0 Å². The van der Waals surface area contributed by atoms with E-state index in [2.05, 4.69) is 10.3 Å². The summed E-state index contributed by atoms with van der Waals surface area (Å²) in [4.78, 5) is 30.5. The summed E-state index contributed by atoms with van der Waals surface area (Å²) in [6.45, 7) is 2.01. The van der Waals surface area contributed by atoms with Crippen LogP contribution in [-0.2, 0) is 9.59 Å². The van der Waals surface area contributed by atoms with E-state index in [0.29, 0.717) is 23.8 Å². The summed E-state index contributed by atoms with van der Waals surface area (Å²) in [5, 5.41) is 4.99. The van der Waals surface area contributed by atoms with E-state index in [1.165, 1.54) is 17.4 Å². The van der Waals surface area contributed by atoms with Gasteiger partial charge in [-0.15, -0.1) is 11.3 Å². The molecule has 1 aliphatic heterocycles. The molecule has 1 saturated heterocycles. The van der Waals surface area contributed by atoms with Gasteiger partial charge in [0, 0.05) is 43.7 Å². The number of carbonyl (C=O) groups is 2.